The molecule has 0 aromatic carbocycles. The van der Waals surface area contributed by atoms with E-state index in [4.69, 9.17) is 5.11 Å². The molecule has 0 radical (unpaired) electrons. The predicted octanol–water partition coefficient (Wildman–Crippen LogP) is 0.454. The highest BCUT2D eigenvalue weighted by molar-refractivity contribution is 5.95. The number of urea groups is 1. The van der Waals surface area contributed by atoms with Crippen molar-refractivity contribution in [2.75, 3.05) is 6.54 Å². The van der Waals surface area contributed by atoms with Gasteiger partial charge in [0.05, 0.1) is 6.54 Å². The topological polar surface area (TPSA) is 108 Å². The van der Waals surface area contributed by atoms with Crippen LogP contribution in [0.25, 0.3) is 0 Å². The molecule has 0 fully saturated rings. The van der Waals surface area contributed by atoms with Gasteiger partial charge in [-0.15, -0.1) is 0 Å². The first-order chi connectivity index (χ1) is 8.65. The minimum absolute atomic E-state index is 0.214. The lowest BCUT2D eigenvalue weighted by atomic mass is 10.1. The lowest BCUT2D eigenvalue weighted by Gasteiger charge is -2.20. The van der Waals surface area contributed by atoms with Crippen LogP contribution in [-0.2, 0) is 9.59 Å². The standard InChI is InChI=1S/C12H23N3O4/c1-5-6-8(10(17)18)13-7-9(16)14-11(19)15-12(2,3)4/h8,13H,5-7H2,1-4H3,(H,17,18)(H2,14,15,16,19). The zero-order chi connectivity index (χ0) is 15.1. The van der Waals surface area contributed by atoms with Gasteiger partial charge in [-0.3, -0.25) is 20.2 Å². The van der Waals surface area contributed by atoms with Crippen molar-refractivity contribution in [3.05, 3.63) is 0 Å². The Labute approximate surface area is 113 Å². The number of hydrogen-bond acceptors (Lipinski definition) is 4. The molecule has 110 valence electrons. The molecule has 3 amide bonds. The number of carboxylic acids is 1. The Morgan fingerprint density at radius 3 is 2.21 bits per heavy atom. The van der Waals surface area contributed by atoms with Gasteiger partial charge < -0.3 is 10.4 Å². The molecule has 0 rings (SSSR count). The van der Waals surface area contributed by atoms with Gasteiger partial charge in [0.1, 0.15) is 6.04 Å². The van der Waals surface area contributed by atoms with E-state index in [0.717, 1.165) is 0 Å². The zero-order valence-corrected chi connectivity index (χ0v) is 11.9. The molecule has 4 N–H and O–H groups in total. The van der Waals surface area contributed by atoms with E-state index in [1.54, 1.807) is 20.8 Å². The van der Waals surface area contributed by atoms with Crippen LogP contribution in [0.4, 0.5) is 4.79 Å². The summed E-state index contributed by atoms with van der Waals surface area (Å²) in [4.78, 5) is 33.7. The molecule has 0 aliphatic heterocycles. The number of carbonyl (C=O) groups is 3. The maximum Gasteiger partial charge on any atom is 0.321 e. The molecule has 0 aliphatic carbocycles. The van der Waals surface area contributed by atoms with Crippen LogP contribution in [0.5, 0.6) is 0 Å². The Bertz CT molecular complexity index is 336. The summed E-state index contributed by atoms with van der Waals surface area (Å²) >= 11 is 0. The van der Waals surface area contributed by atoms with Crippen LogP contribution < -0.4 is 16.0 Å². The monoisotopic (exact) mass is 273 g/mol. The van der Waals surface area contributed by atoms with Crippen LogP contribution in [0.3, 0.4) is 0 Å². The van der Waals surface area contributed by atoms with E-state index >= 15 is 0 Å². The quantitative estimate of drug-likeness (QED) is 0.562. The fourth-order valence-corrected chi connectivity index (χ4v) is 1.36. The fraction of sp³-hybridized carbons (Fsp3) is 0.750. The largest absolute Gasteiger partial charge is 0.480 e. The zero-order valence-electron chi connectivity index (χ0n) is 11.9. The molecule has 0 aliphatic rings. The third-order valence-corrected chi connectivity index (χ3v) is 2.13. The number of rotatable bonds is 6. The van der Waals surface area contributed by atoms with Crippen molar-refractivity contribution in [2.45, 2.75) is 52.1 Å². The lowest BCUT2D eigenvalue weighted by Crippen LogP contribution is -2.51. The number of amides is 3. The predicted molar refractivity (Wildman–Crippen MR) is 70.8 cm³/mol. The first-order valence-electron chi connectivity index (χ1n) is 6.24. The summed E-state index contributed by atoms with van der Waals surface area (Å²) in [6.07, 6.45) is 1.12. The van der Waals surface area contributed by atoms with Crippen LogP contribution in [-0.4, -0.2) is 41.1 Å². The van der Waals surface area contributed by atoms with E-state index in [0.29, 0.717) is 12.8 Å². The first-order valence-corrected chi connectivity index (χ1v) is 6.24. The molecule has 0 saturated heterocycles. The molecule has 0 aromatic rings. The summed E-state index contributed by atoms with van der Waals surface area (Å²) < 4.78 is 0. The summed E-state index contributed by atoms with van der Waals surface area (Å²) in [7, 11) is 0. The molecular formula is C12H23N3O4. The summed E-state index contributed by atoms with van der Waals surface area (Å²) in [5.41, 5.74) is -0.441. The minimum atomic E-state index is -1.01. The Hall–Kier alpha value is -1.63. The Morgan fingerprint density at radius 2 is 1.79 bits per heavy atom. The number of carboxylic acid groups (broad SMARTS) is 1. The van der Waals surface area contributed by atoms with E-state index < -0.39 is 29.5 Å². The summed E-state index contributed by atoms with van der Waals surface area (Å²) in [6.45, 7) is 7.01. The van der Waals surface area contributed by atoms with E-state index in [1.165, 1.54) is 0 Å². The van der Waals surface area contributed by atoms with Crippen LogP contribution in [0.15, 0.2) is 0 Å². The van der Waals surface area contributed by atoms with Gasteiger partial charge in [-0.25, -0.2) is 4.79 Å². The second kappa shape index (κ2) is 7.73. The average molecular weight is 273 g/mol. The SMILES string of the molecule is CCCC(NCC(=O)NC(=O)NC(C)(C)C)C(=O)O. The molecule has 0 heterocycles. The third-order valence-electron chi connectivity index (χ3n) is 2.13. The van der Waals surface area contributed by atoms with Crippen molar-refractivity contribution in [3.8, 4) is 0 Å². The lowest BCUT2D eigenvalue weighted by molar-refractivity contribution is -0.139. The van der Waals surface area contributed by atoms with Gasteiger partial charge in [-0.05, 0) is 27.2 Å². The van der Waals surface area contributed by atoms with Crippen LogP contribution >= 0.6 is 0 Å². The van der Waals surface area contributed by atoms with Crippen LogP contribution in [0.2, 0.25) is 0 Å². The van der Waals surface area contributed by atoms with Crippen molar-refractivity contribution in [2.24, 2.45) is 0 Å². The highest BCUT2D eigenvalue weighted by atomic mass is 16.4. The van der Waals surface area contributed by atoms with E-state index in [2.05, 4.69) is 16.0 Å². The molecular weight excluding hydrogens is 250 g/mol. The van der Waals surface area contributed by atoms with Gasteiger partial charge in [-0.2, -0.15) is 0 Å². The Balaban J connectivity index is 4.11. The molecule has 7 nitrogen and oxygen atoms in total. The third kappa shape index (κ3) is 9.01. The van der Waals surface area contributed by atoms with Gasteiger partial charge in [0.25, 0.3) is 0 Å². The van der Waals surface area contributed by atoms with Crippen molar-refractivity contribution < 1.29 is 19.5 Å². The summed E-state index contributed by atoms with van der Waals surface area (Å²) in [6, 6.07) is -1.37. The van der Waals surface area contributed by atoms with Crippen molar-refractivity contribution in [1.29, 1.82) is 0 Å². The Morgan fingerprint density at radius 1 is 1.21 bits per heavy atom. The van der Waals surface area contributed by atoms with Crippen molar-refractivity contribution in [3.63, 3.8) is 0 Å². The molecule has 7 heteroatoms. The summed E-state index contributed by atoms with van der Waals surface area (Å²) in [5, 5.41) is 16.2. The number of hydrogen-bond donors (Lipinski definition) is 4. The first kappa shape index (κ1) is 17.4. The number of aliphatic carboxylic acids is 1. The van der Waals surface area contributed by atoms with E-state index in [9.17, 15) is 14.4 Å². The van der Waals surface area contributed by atoms with Gasteiger partial charge in [0.15, 0.2) is 0 Å². The second-order valence-electron chi connectivity index (χ2n) is 5.31. The van der Waals surface area contributed by atoms with Crippen LogP contribution in [0, 0.1) is 0 Å². The number of carbonyl (C=O) groups excluding carboxylic acids is 2. The average Bonchev–Trinajstić information content (AvgIpc) is 2.20. The maximum atomic E-state index is 11.4. The molecule has 0 spiro atoms. The minimum Gasteiger partial charge on any atom is -0.480 e. The van der Waals surface area contributed by atoms with E-state index in [1.807, 2.05) is 6.92 Å². The summed E-state index contributed by atoms with van der Waals surface area (Å²) in [5.74, 6) is -1.57. The Kier molecular flexibility index (Phi) is 7.06. The maximum absolute atomic E-state index is 11.4. The molecule has 19 heavy (non-hydrogen) atoms. The van der Waals surface area contributed by atoms with Crippen molar-refractivity contribution in [1.82, 2.24) is 16.0 Å². The number of nitrogens with one attached hydrogen (secondary N) is 3. The molecule has 0 aromatic heterocycles. The van der Waals surface area contributed by atoms with Crippen LogP contribution in [0.1, 0.15) is 40.5 Å². The van der Waals surface area contributed by atoms with Gasteiger partial charge in [0, 0.05) is 5.54 Å². The van der Waals surface area contributed by atoms with Gasteiger partial charge in [-0.1, -0.05) is 13.3 Å². The molecule has 0 saturated carbocycles. The normalized spacial score (nSPS) is 12.6. The van der Waals surface area contributed by atoms with Gasteiger partial charge in [0.2, 0.25) is 5.91 Å². The molecule has 0 bridgehead atoms. The number of imide groups is 1. The van der Waals surface area contributed by atoms with E-state index in [-0.39, 0.29) is 6.54 Å². The highest BCUT2D eigenvalue weighted by Gasteiger charge is 2.19. The smallest absolute Gasteiger partial charge is 0.321 e. The second-order valence-corrected chi connectivity index (χ2v) is 5.31. The molecule has 1 unspecified atom stereocenters. The van der Waals surface area contributed by atoms with Crippen molar-refractivity contribution >= 4 is 17.9 Å². The molecule has 1 atom stereocenters. The van der Waals surface area contributed by atoms with Gasteiger partial charge >= 0.3 is 12.0 Å². The highest BCUT2D eigenvalue weighted by Crippen LogP contribution is 1.98. The fourth-order valence-electron chi connectivity index (χ4n) is 1.36.